The molecule has 0 bridgehead atoms. The fourth-order valence-corrected chi connectivity index (χ4v) is 7.65. The summed E-state index contributed by atoms with van der Waals surface area (Å²) in [5, 5.41) is 15.3. The number of aromatic nitrogens is 7. The zero-order chi connectivity index (χ0) is 26.7. The number of hydrogen-bond acceptors (Lipinski definition) is 11. The van der Waals surface area contributed by atoms with E-state index in [0.717, 1.165) is 37.1 Å². The summed E-state index contributed by atoms with van der Waals surface area (Å²) >= 11 is 1.95. The zero-order valence-corrected chi connectivity index (χ0v) is 22.6. The Kier molecular flexibility index (Phi) is 6.13. The van der Waals surface area contributed by atoms with Gasteiger partial charge in [-0.05, 0) is 33.1 Å². The first-order valence-electron chi connectivity index (χ1n) is 13.4. The number of rotatable bonds is 8. The third kappa shape index (κ3) is 4.60. The third-order valence-electron chi connectivity index (χ3n) is 7.85. The number of nitrogens with two attached hydrogens (primary N) is 1. The highest BCUT2D eigenvalue weighted by Crippen LogP contribution is 2.44. The zero-order valence-electron chi connectivity index (χ0n) is 21.8. The number of unbranched alkanes of at least 4 members (excludes halogenated alkanes) is 1. The summed E-state index contributed by atoms with van der Waals surface area (Å²) < 4.78 is 22.6. The lowest BCUT2D eigenvalue weighted by atomic mass is 10.0. The van der Waals surface area contributed by atoms with Crippen molar-refractivity contribution in [1.29, 1.82) is 0 Å². The normalized spacial score (nSPS) is 32.9. The van der Waals surface area contributed by atoms with Gasteiger partial charge in [0.1, 0.15) is 30.2 Å². The first kappa shape index (κ1) is 25.0. The largest absolute Gasteiger partial charge is 0.382 e. The van der Waals surface area contributed by atoms with E-state index in [1.807, 2.05) is 41.1 Å². The number of ether oxygens (including phenoxy) is 3. The SMILES string of the molecule is CC1(C)O[C@@H]2[C@H](O1)[C@@H](n1cnc3c(N)ncnc31)O[C@H]2Cn1cc(CCCC[C@@H]2SC[C@@H]3NC(=O)N[C@@H]32)nn1. The smallest absolute Gasteiger partial charge is 0.315 e. The fraction of sp³-hybridized carbons (Fsp3) is 0.667. The highest BCUT2D eigenvalue weighted by Gasteiger charge is 2.56. The summed E-state index contributed by atoms with van der Waals surface area (Å²) in [6, 6.07) is 0.480. The molecule has 4 N–H and O–H groups in total. The molecule has 7 rings (SSSR count). The van der Waals surface area contributed by atoms with Crippen LogP contribution in [0.4, 0.5) is 10.6 Å². The Morgan fingerprint density at radius 2 is 2.05 bits per heavy atom. The highest BCUT2D eigenvalue weighted by molar-refractivity contribution is 8.00. The lowest BCUT2D eigenvalue weighted by Crippen LogP contribution is -2.36. The molecular formula is C24H32N10O4S. The van der Waals surface area contributed by atoms with Gasteiger partial charge in [0.25, 0.3) is 0 Å². The van der Waals surface area contributed by atoms with Gasteiger partial charge in [-0.25, -0.2) is 24.4 Å². The molecule has 3 aromatic heterocycles. The monoisotopic (exact) mass is 556 g/mol. The molecule has 208 valence electrons. The van der Waals surface area contributed by atoms with E-state index < -0.39 is 12.0 Å². The molecule has 0 spiro atoms. The molecule has 3 aromatic rings. The van der Waals surface area contributed by atoms with Crippen LogP contribution in [-0.2, 0) is 27.2 Å². The van der Waals surface area contributed by atoms with E-state index in [9.17, 15) is 4.79 Å². The average Bonchev–Trinajstić information content (AvgIpc) is 3.71. The molecule has 7 atom stereocenters. The van der Waals surface area contributed by atoms with Crippen molar-refractivity contribution in [2.45, 2.75) is 93.7 Å². The first-order chi connectivity index (χ1) is 18.8. The lowest BCUT2D eigenvalue weighted by Gasteiger charge is -2.24. The average molecular weight is 557 g/mol. The van der Waals surface area contributed by atoms with Crippen LogP contribution in [0.25, 0.3) is 11.2 Å². The van der Waals surface area contributed by atoms with Crippen molar-refractivity contribution >= 4 is 34.8 Å². The van der Waals surface area contributed by atoms with E-state index >= 15 is 0 Å². The van der Waals surface area contributed by atoms with Crippen molar-refractivity contribution in [2.75, 3.05) is 11.5 Å². The number of amides is 2. The molecule has 39 heavy (non-hydrogen) atoms. The Morgan fingerprint density at radius 3 is 2.95 bits per heavy atom. The van der Waals surface area contributed by atoms with Gasteiger partial charge in [0, 0.05) is 17.2 Å². The van der Waals surface area contributed by atoms with Crippen LogP contribution in [0.1, 0.15) is 45.0 Å². The second kappa shape index (κ2) is 9.57. The van der Waals surface area contributed by atoms with Crippen LogP contribution in [0, 0.1) is 0 Å². The van der Waals surface area contributed by atoms with Crippen molar-refractivity contribution in [3.8, 4) is 0 Å². The maximum Gasteiger partial charge on any atom is 0.315 e. The maximum absolute atomic E-state index is 11.6. The van der Waals surface area contributed by atoms with E-state index in [0.29, 0.717) is 28.8 Å². The number of thioether (sulfide) groups is 1. The molecule has 0 aromatic carbocycles. The molecule has 7 heterocycles. The van der Waals surface area contributed by atoms with Gasteiger partial charge in [-0.2, -0.15) is 11.8 Å². The predicted octanol–water partition coefficient (Wildman–Crippen LogP) is 0.996. The Labute approximate surface area is 228 Å². The van der Waals surface area contributed by atoms with Crippen molar-refractivity contribution in [1.82, 2.24) is 45.1 Å². The first-order valence-corrected chi connectivity index (χ1v) is 14.4. The molecule has 4 aliphatic rings. The number of nitrogens with one attached hydrogen (secondary N) is 2. The number of nitrogen functional groups attached to an aromatic ring is 1. The Balaban J connectivity index is 0.982. The minimum absolute atomic E-state index is 0.0361. The summed E-state index contributed by atoms with van der Waals surface area (Å²) in [5.74, 6) is 0.555. The minimum atomic E-state index is -0.747. The van der Waals surface area contributed by atoms with E-state index in [-0.39, 0.29) is 36.4 Å². The second-order valence-corrected chi connectivity index (χ2v) is 12.3. The molecular weight excluding hydrogens is 524 g/mol. The Hall–Kier alpha value is -3.01. The number of anilines is 1. The molecule has 14 nitrogen and oxygen atoms in total. The molecule has 15 heteroatoms. The Morgan fingerprint density at radius 1 is 1.18 bits per heavy atom. The van der Waals surface area contributed by atoms with Crippen LogP contribution in [-0.4, -0.2) is 87.7 Å². The highest BCUT2D eigenvalue weighted by atomic mass is 32.2. The van der Waals surface area contributed by atoms with Crippen molar-refractivity contribution in [3.05, 3.63) is 24.5 Å². The number of hydrogen-bond donors (Lipinski definition) is 3. The van der Waals surface area contributed by atoms with Crippen molar-refractivity contribution in [3.63, 3.8) is 0 Å². The standard InChI is InChI=1S/C24H32N10O4S/c1-24(2)37-18-14(36-22(19(18)38-24)34-11-28-17-20(25)26-10-27-21(17)34)8-33-7-12(31-32-33)5-3-4-6-15-16-13(9-39-15)29-23(35)30-16/h7,10-11,13-16,18-19,22H,3-6,8-9H2,1-2H3,(H2,25,26,27)(H2,29,30,35)/t13-,14-,15-,16-,18-,19-,22-/m0/s1. The minimum Gasteiger partial charge on any atom is -0.382 e. The van der Waals surface area contributed by atoms with Crippen LogP contribution in [0.5, 0.6) is 0 Å². The summed E-state index contributed by atoms with van der Waals surface area (Å²) in [6.07, 6.45) is 7.63. The van der Waals surface area contributed by atoms with E-state index in [2.05, 4.69) is 35.9 Å². The van der Waals surface area contributed by atoms with Gasteiger partial charge < -0.3 is 30.6 Å². The van der Waals surface area contributed by atoms with Crippen LogP contribution < -0.4 is 16.4 Å². The van der Waals surface area contributed by atoms with Crippen molar-refractivity contribution in [2.24, 2.45) is 0 Å². The van der Waals surface area contributed by atoms with Gasteiger partial charge >= 0.3 is 6.03 Å². The van der Waals surface area contributed by atoms with E-state index in [4.69, 9.17) is 19.9 Å². The van der Waals surface area contributed by atoms with Crippen molar-refractivity contribution < 1.29 is 19.0 Å². The summed E-state index contributed by atoms with van der Waals surface area (Å²) in [4.78, 5) is 24.4. The molecule has 2 amide bonds. The predicted molar refractivity (Wildman–Crippen MR) is 141 cm³/mol. The topological polar surface area (TPSA) is 169 Å². The molecule has 0 radical (unpaired) electrons. The fourth-order valence-electron chi connectivity index (χ4n) is 6.11. The lowest BCUT2D eigenvalue weighted by molar-refractivity contribution is -0.197. The molecule has 4 fully saturated rings. The summed E-state index contributed by atoms with van der Waals surface area (Å²) in [5.41, 5.74) is 8.05. The number of aryl methyl sites for hydroxylation is 1. The number of carbonyl (C=O) groups is 1. The quantitative estimate of drug-likeness (QED) is 0.267. The second-order valence-electron chi connectivity index (χ2n) is 11.0. The van der Waals surface area contributed by atoms with Crippen LogP contribution in [0.15, 0.2) is 18.9 Å². The van der Waals surface area contributed by atoms with Crippen LogP contribution in [0.3, 0.4) is 0 Å². The van der Waals surface area contributed by atoms with Gasteiger partial charge in [0.15, 0.2) is 23.5 Å². The van der Waals surface area contributed by atoms with Gasteiger partial charge in [-0.3, -0.25) is 4.57 Å². The number of nitrogens with zero attached hydrogens (tertiary/aromatic N) is 7. The number of urea groups is 1. The maximum atomic E-state index is 11.6. The summed E-state index contributed by atoms with van der Waals surface area (Å²) in [7, 11) is 0. The Bertz CT molecular complexity index is 1380. The molecule has 4 aliphatic heterocycles. The van der Waals surface area contributed by atoms with E-state index in [1.165, 1.54) is 6.33 Å². The van der Waals surface area contributed by atoms with Gasteiger partial charge in [0.05, 0.1) is 30.6 Å². The molecule has 4 saturated heterocycles. The number of imidazole rings is 1. The summed E-state index contributed by atoms with van der Waals surface area (Å²) in [6.45, 7) is 4.28. The number of carbonyl (C=O) groups excluding carboxylic acids is 1. The third-order valence-corrected chi connectivity index (χ3v) is 9.36. The molecule has 0 aliphatic carbocycles. The number of fused-ring (bicyclic) bond motifs is 3. The van der Waals surface area contributed by atoms with Gasteiger partial charge in [-0.15, -0.1) is 5.10 Å². The van der Waals surface area contributed by atoms with Crippen LogP contribution in [0.2, 0.25) is 0 Å². The van der Waals surface area contributed by atoms with Crippen LogP contribution >= 0.6 is 11.8 Å². The molecule has 0 saturated carbocycles. The van der Waals surface area contributed by atoms with Gasteiger partial charge in [-0.1, -0.05) is 11.6 Å². The van der Waals surface area contributed by atoms with Gasteiger partial charge in [0.2, 0.25) is 0 Å². The van der Waals surface area contributed by atoms with E-state index in [1.54, 1.807) is 6.33 Å². The molecule has 0 unspecified atom stereocenters.